The van der Waals surface area contributed by atoms with Crippen molar-refractivity contribution in [2.24, 2.45) is 11.8 Å². The molecule has 2 rings (SSSR count). The molecule has 1 aromatic rings. The molecule has 1 heterocycles. The topological polar surface area (TPSA) is 66.9 Å². The number of aromatic nitrogens is 2. The normalized spacial score (nSPS) is 23.4. The number of hydrogen-bond donors (Lipinski definition) is 2. The summed E-state index contributed by atoms with van der Waals surface area (Å²) >= 11 is 5.83. The maximum absolute atomic E-state index is 12.0. The van der Waals surface area contributed by atoms with Gasteiger partial charge in [0.15, 0.2) is 11.0 Å². The smallest absolute Gasteiger partial charge is 0.241 e. The van der Waals surface area contributed by atoms with Crippen LogP contribution in [-0.2, 0) is 4.79 Å². The Balaban J connectivity index is 1.86. The molecule has 0 saturated heterocycles. The second kappa shape index (κ2) is 6.00. The van der Waals surface area contributed by atoms with Crippen molar-refractivity contribution in [3.8, 4) is 0 Å². The van der Waals surface area contributed by atoms with Gasteiger partial charge in [-0.15, -0.1) is 0 Å². The van der Waals surface area contributed by atoms with Crippen LogP contribution in [0, 0.1) is 11.8 Å². The lowest BCUT2D eigenvalue weighted by Gasteiger charge is -2.25. The van der Waals surface area contributed by atoms with Gasteiger partial charge < -0.3 is 0 Å². The second-order valence-electron chi connectivity index (χ2n) is 4.78. The highest BCUT2D eigenvalue weighted by Gasteiger charge is 2.24. The Morgan fingerprint density at radius 2 is 2.17 bits per heavy atom. The van der Waals surface area contributed by atoms with Gasteiger partial charge in [0.2, 0.25) is 5.91 Å². The van der Waals surface area contributed by atoms with Crippen LogP contribution in [0.5, 0.6) is 0 Å². The molecular weight excluding hydrogens is 252 g/mol. The number of carbonyl (C=O) groups is 1. The van der Waals surface area contributed by atoms with Crippen LogP contribution < -0.4 is 10.9 Å². The van der Waals surface area contributed by atoms with Crippen molar-refractivity contribution in [1.29, 1.82) is 0 Å². The van der Waals surface area contributed by atoms with Crippen molar-refractivity contribution in [2.45, 2.75) is 32.6 Å². The van der Waals surface area contributed by atoms with E-state index in [9.17, 15) is 4.79 Å². The number of hydrogen-bond acceptors (Lipinski definition) is 4. The summed E-state index contributed by atoms with van der Waals surface area (Å²) in [7, 11) is 0. The molecule has 18 heavy (non-hydrogen) atoms. The fourth-order valence-corrected chi connectivity index (χ4v) is 2.45. The minimum absolute atomic E-state index is 0.00303. The molecule has 0 radical (unpaired) electrons. The van der Waals surface area contributed by atoms with E-state index in [4.69, 9.17) is 11.6 Å². The van der Waals surface area contributed by atoms with Crippen molar-refractivity contribution in [2.75, 3.05) is 5.43 Å². The van der Waals surface area contributed by atoms with Gasteiger partial charge in [-0.1, -0.05) is 31.4 Å². The molecule has 0 spiro atoms. The van der Waals surface area contributed by atoms with Crippen LogP contribution in [0.15, 0.2) is 12.4 Å². The molecule has 2 atom stereocenters. The van der Waals surface area contributed by atoms with Crippen molar-refractivity contribution in [3.63, 3.8) is 0 Å². The van der Waals surface area contributed by atoms with E-state index in [1.165, 1.54) is 18.8 Å². The van der Waals surface area contributed by atoms with Crippen molar-refractivity contribution >= 4 is 23.3 Å². The van der Waals surface area contributed by atoms with E-state index in [-0.39, 0.29) is 17.0 Å². The second-order valence-corrected chi connectivity index (χ2v) is 5.14. The number of halogens is 1. The Morgan fingerprint density at radius 1 is 1.39 bits per heavy atom. The summed E-state index contributed by atoms with van der Waals surface area (Å²) in [4.78, 5) is 19.8. The summed E-state index contributed by atoms with van der Waals surface area (Å²) in [5.41, 5.74) is 5.37. The molecule has 1 aliphatic rings. The van der Waals surface area contributed by atoms with Gasteiger partial charge in [-0.3, -0.25) is 15.6 Å². The molecule has 0 aromatic carbocycles. The highest BCUT2D eigenvalue weighted by molar-refractivity contribution is 6.31. The predicted molar refractivity (Wildman–Crippen MR) is 69.9 cm³/mol. The van der Waals surface area contributed by atoms with Crippen LogP contribution in [0.1, 0.15) is 32.6 Å². The number of hydrazine groups is 1. The van der Waals surface area contributed by atoms with Crippen molar-refractivity contribution in [1.82, 2.24) is 15.4 Å². The summed E-state index contributed by atoms with van der Waals surface area (Å²) in [5, 5.41) is 0.245. The Labute approximate surface area is 111 Å². The van der Waals surface area contributed by atoms with E-state index < -0.39 is 0 Å². The lowest BCUT2D eigenvalue weighted by molar-refractivity contribution is -0.125. The zero-order valence-electron chi connectivity index (χ0n) is 10.3. The lowest BCUT2D eigenvalue weighted by atomic mass is 9.82. The zero-order valence-corrected chi connectivity index (χ0v) is 11.1. The van der Waals surface area contributed by atoms with E-state index in [2.05, 4.69) is 27.7 Å². The maximum Gasteiger partial charge on any atom is 0.241 e. The highest BCUT2D eigenvalue weighted by atomic mass is 35.5. The summed E-state index contributed by atoms with van der Waals surface area (Å²) in [6.07, 6.45) is 7.24. The van der Waals surface area contributed by atoms with Crippen LogP contribution in [0.25, 0.3) is 0 Å². The first-order valence-corrected chi connectivity index (χ1v) is 6.57. The van der Waals surface area contributed by atoms with Gasteiger partial charge in [0.25, 0.3) is 0 Å². The monoisotopic (exact) mass is 268 g/mol. The average molecular weight is 269 g/mol. The molecule has 0 unspecified atom stereocenters. The third kappa shape index (κ3) is 3.32. The van der Waals surface area contributed by atoms with Crippen LogP contribution in [0.2, 0.25) is 5.15 Å². The molecule has 1 fully saturated rings. The zero-order chi connectivity index (χ0) is 13.0. The van der Waals surface area contributed by atoms with E-state index in [0.717, 1.165) is 19.3 Å². The lowest BCUT2D eigenvalue weighted by Crippen LogP contribution is -2.37. The number of rotatable bonds is 3. The van der Waals surface area contributed by atoms with Crippen molar-refractivity contribution < 1.29 is 4.79 Å². The van der Waals surface area contributed by atoms with Crippen LogP contribution in [0.4, 0.5) is 5.82 Å². The van der Waals surface area contributed by atoms with E-state index in [1.54, 1.807) is 0 Å². The summed E-state index contributed by atoms with van der Waals surface area (Å²) < 4.78 is 0. The molecule has 1 aromatic heterocycles. The van der Waals surface area contributed by atoms with Crippen LogP contribution in [0.3, 0.4) is 0 Å². The van der Waals surface area contributed by atoms with Gasteiger partial charge in [0.05, 0.1) is 0 Å². The fourth-order valence-electron chi connectivity index (χ4n) is 2.30. The predicted octanol–water partition coefficient (Wildman–Crippen LogP) is 2.40. The third-order valence-electron chi connectivity index (χ3n) is 3.26. The molecule has 1 amide bonds. The van der Waals surface area contributed by atoms with Crippen LogP contribution in [-0.4, -0.2) is 15.9 Å². The van der Waals surface area contributed by atoms with Gasteiger partial charge in [-0.05, 0) is 18.8 Å². The highest BCUT2D eigenvalue weighted by Crippen LogP contribution is 2.28. The summed E-state index contributed by atoms with van der Waals surface area (Å²) in [6, 6.07) is 0. The third-order valence-corrected chi connectivity index (χ3v) is 3.54. The van der Waals surface area contributed by atoms with Crippen LogP contribution >= 0.6 is 11.6 Å². The molecule has 0 aliphatic heterocycles. The van der Waals surface area contributed by atoms with Gasteiger partial charge in [-0.2, -0.15) is 0 Å². The first kappa shape index (κ1) is 13.1. The summed E-state index contributed by atoms with van der Waals surface area (Å²) in [5.74, 6) is 1.07. The molecule has 98 valence electrons. The summed E-state index contributed by atoms with van der Waals surface area (Å²) in [6.45, 7) is 2.19. The minimum atomic E-state index is 0.00303. The standard InChI is InChI=1S/C12H17ClN4O/c1-8-3-2-4-9(7-8)12(18)17-16-11-10(13)14-5-6-15-11/h5-6,8-9H,2-4,7H2,1H3,(H,15,16)(H,17,18)/t8-,9+/m1/s1. The quantitative estimate of drug-likeness (QED) is 0.826. The van der Waals surface area contributed by atoms with Gasteiger partial charge in [0.1, 0.15) is 0 Å². The average Bonchev–Trinajstić information content (AvgIpc) is 2.37. The maximum atomic E-state index is 12.0. The Kier molecular flexibility index (Phi) is 4.36. The van der Waals surface area contributed by atoms with Gasteiger partial charge >= 0.3 is 0 Å². The van der Waals surface area contributed by atoms with E-state index in [0.29, 0.717) is 11.7 Å². The van der Waals surface area contributed by atoms with E-state index in [1.807, 2.05) is 0 Å². The first-order chi connectivity index (χ1) is 8.66. The van der Waals surface area contributed by atoms with Gasteiger partial charge in [-0.25, -0.2) is 9.97 Å². The molecule has 2 N–H and O–H groups in total. The molecule has 6 heteroatoms. The Bertz CT molecular complexity index is 426. The Morgan fingerprint density at radius 3 is 2.89 bits per heavy atom. The van der Waals surface area contributed by atoms with E-state index >= 15 is 0 Å². The number of nitrogens with one attached hydrogen (secondary N) is 2. The largest absolute Gasteiger partial charge is 0.279 e. The molecule has 5 nitrogen and oxygen atoms in total. The molecular formula is C12H17ClN4O. The minimum Gasteiger partial charge on any atom is -0.279 e. The molecule has 1 saturated carbocycles. The number of anilines is 1. The molecule has 1 aliphatic carbocycles. The SMILES string of the molecule is C[C@@H]1CCC[C@H](C(=O)NNc2nccnc2Cl)C1. The number of amides is 1. The van der Waals surface area contributed by atoms with Crippen molar-refractivity contribution in [3.05, 3.63) is 17.5 Å². The number of carbonyl (C=O) groups excluding carboxylic acids is 1. The fraction of sp³-hybridized carbons (Fsp3) is 0.583. The molecule has 0 bridgehead atoms. The number of nitrogens with zero attached hydrogens (tertiary/aromatic N) is 2. The first-order valence-electron chi connectivity index (χ1n) is 6.19. The Hall–Kier alpha value is -1.36. The van der Waals surface area contributed by atoms with Gasteiger partial charge in [0, 0.05) is 18.3 Å².